The van der Waals surface area contributed by atoms with Crippen LogP contribution in [0.5, 0.6) is 0 Å². The first kappa shape index (κ1) is 21.9. The Morgan fingerprint density at radius 3 is 2.56 bits per heavy atom. The van der Waals surface area contributed by atoms with Gasteiger partial charge in [0.2, 0.25) is 5.91 Å². The number of para-hydroxylation sites is 1. The number of anilines is 1. The molecular formula is C24H31N5O3. The van der Waals surface area contributed by atoms with E-state index < -0.39 is 0 Å². The van der Waals surface area contributed by atoms with E-state index in [0.717, 1.165) is 31.2 Å². The number of furan rings is 1. The molecule has 0 bridgehead atoms. The van der Waals surface area contributed by atoms with E-state index in [0.29, 0.717) is 51.3 Å². The van der Waals surface area contributed by atoms with E-state index in [1.54, 1.807) is 12.1 Å². The van der Waals surface area contributed by atoms with Crippen molar-refractivity contribution in [3.05, 3.63) is 54.0 Å². The normalized spacial score (nSPS) is 16.3. The van der Waals surface area contributed by atoms with Gasteiger partial charge in [-0.2, -0.15) is 0 Å². The van der Waals surface area contributed by atoms with Crippen LogP contribution in [0.2, 0.25) is 0 Å². The number of aliphatic imine (C=N–C) groups is 1. The largest absolute Gasteiger partial charge is 0.459 e. The van der Waals surface area contributed by atoms with Gasteiger partial charge in [0.1, 0.15) is 0 Å². The van der Waals surface area contributed by atoms with Gasteiger partial charge in [0, 0.05) is 57.9 Å². The standard InChI is InChI=1S/C24H31N5O3/c1-2-25-24(28-16-14-27(15-17-28)23(31)21-9-6-18-32-21)26-12-5-10-22(30)29-13-11-19-7-3-4-8-20(19)29/h3-4,6-9,18H,2,5,10-17H2,1H3,(H,25,26). The summed E-state index contributed by atoms with van der Waals surface area (Å²) in [5, 5.41) is 3.34. The lowest BCUT2D eigenvalue weighted by Gasteiger charge is -2.36. The number of nitrogens with one attached hydrogen (secondary N) is 1. The summed E-state index contributed by atoms with van der Waals surface area (Å²) in [6, 6.07) is 11.6. The highest BCUT2D eigenvalue weighted by Gasteiger charge is 2.26. The fourth-order valence-corrected chi connectivity index (χ4v) is 4.25. The summed E-state index contributed by atoms with van der Waals surface area (Å²) < 4.78 is 5.23. The molecule has 2 aromatic rings. The first-order chi connectivity index (χ1) is 15.7. The highest BCUT2D eigenvalue weighted by molar-refractivity contribution is 5.95. The second kappa shape index (κ2) is 10.3. The quantitative estimate of drug-likeness (QED) is 0.426. The lowest BCUT2D eigenvalue weighted by Crippen LogP contribution is -2.53. The summed E-state index contributed by atoms with van der Waals surface area (Å²) in [7, 11) is 0. The van der Waals surface area contributed by atoms with Gasteiger partial charge >= 0.3 is 0 Å². The molecule has 4 rings (SSSR count). The molecule has 1 saturated heterocycles. The number of piperazine rings is 1. The van der Waals surface area contributed by atoms with Crippen LogP contribution in [0.3, 0.4) is 0 Å². The lowest BCUT2D eigenvalue weighted by atomic mass is 10.2. The zero-order valence-electron chi connectivity index (χ0n) is 18.6. The van der Waals surface area contributed by atoms with Crippen molar-refractivity contribution in [2.24, 2.45) is 4.99 Å². The van der Waals surface area contributed by atoms with Crippen molar-refractivity contribution >= 4 is 23.5 Å². The van der Waals surface area contributed by atoms with E-state index in [1.807, 2.05) is 34.9 Å². The zero-order valence-corrected chi connectivity index (χ0v) is 18.6. The Labute approximate surface area is 188 Å². The maximum absolute atomic E-state index is 12.7. The SMILES string of the molecule is CCNC(=NCCCC(=O)N1CCc2ccccc21)N1CCN(C(=O)c2ccco2)CC1. The van der Waals surface area contributed by atoms with Crippen LogP contribution in [0, 0.1) is 0 Å². The molecule has 0 unspecified atom stereocenters. The highest BCUT2D eigenvalue weighted by Crippen LogP contribution is 2.28. The number of hydrogen-bond acceptors (Lipinski definition) is 4. The minimum absolute atomic E-state index is 0.0708. The van der Waals surface area contributed by atoms with Crippen molar-refractivity contribution < 1.29 is 14.0 Å². The van der Waals surface area contributed by atoms with Crippen LogP contribution in [0.25, 0.3) is 0 Å². The molecule has 1 aromatic heterocycles. The molecule has 8 heteroatoms. The second-order valence-corrected chi connectivity index (χ2v) is 8.02. The Morgan fingerprint density at radius 1 is 1.03 bits per heavy atom. The smallest absolute Gasteiger partial charge is 0.289 e. The van der Waals surface area contributed by atoms with Crippen molar-refractivity contribution in [1.29, 1.82) is 0 Å². The highest BCUT2D eigenvalue weighted by atomic mass is 16.3. The Kier molecular flexibility index (Phi) is 7.09. The number of carbonyl (C=O) groups is 2. The predicted molar refractivity (Wildman–Crippen MR) is 124 cm³/mol. The Bertz CT molecular complexity index is 948. The van der Waals surface area contributed by atoms with Gasteiger partial charge in [0.25, 0.3) is 5.91 Å². The molecule has 1 fully saturated rings. The average Bonchev–Trinajstić information content (AvgIpc) is 3.51. The molecule has 3 heterocycles. The van der Waals surface area contributed by atoms with E-state index in [4.69, 9.17) is 9.41 Å². The molecule has 8 nitrogen and oxygen atoms in total. The van der Waals surface area contributed by atoms with Gasteiger partial charge in [-0.15, -0.1) is 0 Å². The third kappa shape index (κ3) is 4.95. The van der Waals surface area contributed by atoms with E-state index in [2.05, 4.69) is 16.3 Å². The second-order valence-electron chi connectivity index (χ2n) is 8.02. The fourth-order valence-electron chi connectivity index (χ4n) is 4.25. The van der Waals surface area contributed by atoms with Crippen molar-refractivity contribution in [3.8, 4) is 0 Å². The Hall–Kier alpha value is -3.29. The maximum Gasteiger partial charge on any atom is 0.289 e. The van der Waals surface area contributed by atoms with Gasteiger partial charge in [-0.25, -0.2) is 0 Å². The minimum atomic E-state index is -0.0708. The summed E-state index contributed by atoms with van der Waals surface area (Å²) in [5.74, 6) is 1.32. The van der Waals surface area contributed by atoms with Gasteiger partial charge < -0.3 is 24.4 Å². The van der Waals surface area contributed by atoms with Crippen molar-refractivity contribution in [3.63, 3.8) is 0 Å². The van der Waals surface area contributed by atoms with Crippen LogP contribution in [0.4, 0.5) is 5.69 Å². The van der Waals surface area contributed by atoms with E-state index in [1.165, 1.54) is 11.8 Å². The van der Waals surface area contributed by atoms with Gasteiger partial charge in [0.05, 0.1) is 6.26 Å². The summed E-state index contributed by atoms with van der Waals surface area (Å²) in [6.45, 7) is 6.84. The van der Waals surface area contributed by atoms with Gasteiger partial charge in [0.15, 0.2) is 11.7 Å². The first-order valence-electron chi connectivity index (χ1n) is 11.4. The average molecular weight is 438 g/mol. The third-order valence-electron chi connectivity index (χ3n) is 5.93. The van der Waals surface area contributed by atoms with Gasteiger partial charge in [-0.1, -0.05) is 18.2 Å². The fraction of sp³-hybridized carbons (Fsp3) is 0.458. The third-order valence-corrected chi connectivity index (χ3v) is 5.93. The van der Waals surface area contributed by atoms with E-state index in [-0.39, 0.29) is 11.8 Å². The molecule has 0 atom stereocenters. The predicted octanol–water partition coefficient (Wildman–Crippen LogP) is 2.37. The Morgan fingerprint density at radius 2 is 1.81 bits per heavy atom. The molecule has 0 aliphatic carbocycles. The molecule has 0 saturated carbocycles. The molecule has 2 aliphatic heterocycles. The minimum Gasteiger partial charge on any atom is -0.459 e. The summed E-state index contributed by atoms with van der Waals surface area (Å²) in [6.07, 6.45) is 3.65. The molecule has 1 N–H and O–H groups in total. The lowest BCUT2D eigenvalue weighted by molar-refractivity contribution is -0.118. The summed E-state index contributed by atoms with van der Waals surface area (Å²) in [5.41, 5.74) is 2.30. The molecule has 0 radical (unpaired) electrons. The molecular weight excluding hydrogens is 406 g/mol. The number of nitrogens with zero attached hydrogens (tertiary/aromatic N) is 4. The molecule has 0 spiro atoms. The van der Waals surface area contributed by atoms with Crippen LogP contribution in [0.1, 0.15) is 35.9 Å². The first-order valence-corrected chi connectivity index (χ1v) is 11.4. The van der Waals surface area contributed by atoms with Crippen LogP contribution < -0.4 is 10.2 Å². The number of guanidine groups is 1. The summed E-state index contributed by atoms with van der Waals surface area (Å²) >= 11 is 0. The van der Waals surface area contributed by atoms with Gasteiger partial charge in [-0.3, -0.25) is 14.6 Å². The van der Waals surface area contributed by atoms with E-state index in [9.17, 15) is 9.59 Å². The topological polar surface area (TPSA) is 81.4 Å². The summed E-state index contributed by atoms with van der Waals surface area (Å²) in [4.78, 5) is 35.8. The van der Waals surface area contributed by atoms with Crippen LogP contribution in [-0.2, 0) is 11.2 Å². The number of rotatable bonds is 6. The zero-order chi connectivity index (χ0) is 22.3. The Balaban J connectivity index is 1.26. The maximum atomic E-state index is 12.7. The van der Waals surface area contributed by atoms with Crippen molar-refractivity contribution in [2.45, 2.75) is 26.2 Å². The van der Waals surface area contributed by atoms with E-state index >= 15 is 0 Å². The number of hydrogen-bond donors (Lipinski definition) is 1. The monoisotopic (exact) mass is 437 g/mol. The van der Waals surface area contributed by atoms with Crippen LogP contribution in [0.15, 0.2) is 52.1 Å². The number of carbonyl (C=O) groups excluding carboxylic acids is 2. The molecule has 32 heavy (non-hydrogen) atoms. The number of fused-ring (bicyclic) bond motifs is 1. The molecule has 2 amide bonds. The number of amides is 2. The molecule has 1 aromatic carbocycles. The van der Waals surface area contributed by atoms with Crippen molar-refractivity contribution in [2.75, 3.05) is 50.7 Å². The molecule has 2 aliphatic rings. The van der Waals surface area contributed by atoms with Crippen LogP contribution >= 0.6 is 0 Å². The van der Waals surface area contributed by atoms with Crippen molar-refractivity contribution in [1.82, 2.24) is 15.1 Å². The molecule has 170 valence electrons. The van der Waals surface area contributed by atoms with Gasteiger partial charge in [-0.05, 0) is 43.5 Å². The number of benzene rings is 1. The van der Waals surface area contributed by atoms with Crippen LogP contribution in [-0.4, -0.2) is 73.4 Å².